The maximum Gasteiger partial charge on any atom is 0.231 e. The van der Waals surface area contributed by atoms with Crippen LogP contribution >= 0.6 is 11.8 Å². The van der Waals surface area contributed by atoms with Gasteiger partial charge in [-0.2, -0.15) is 0 Å². The van der Waals surface area contributed by atoms with E-state index in [1.165, 1.54) is 12.8 Å². The van der Waals surface area contributed by atoms with E-state index in [2.05, 4.69) is 19.2 Å². The first-order valence-electron chi connectivity index (χ1n) is 8.39. The Bertz CT molecular complexity index is 563. The molecule has 1 aromatic carbocycles. The zero-order valence-corrected chi connectivity index (χ0v) is 14.7. The van der Waals surface area contributed by atoms with Gasteiger partial charge in [0.25, 0.3) is 0 Å². The Morgan fingerprint density at radius 2 is 2.09 bits per heavy atom. The van der Waals surface area contributed by atoms with E-state index in [0.717, 1.165) is 29.2 Å². The Hall–Kier alpha value is -1.36. The number of rotatable bonds is 5. The number of amides is 1. The molecule has 4 nitrogen and oxygen atoms in total. The SMILES string of the molecule is C[C@@H]1[C@H](C)CCC[C@H]1NC(=O)CSCc1ccc2c(c1)OCO2. The van der Waals surface area contributed by atoms with Crippen LogP contribution in [0.4, 0.5) is 0 Å². The molecule has 0 saturated heterocycles. The molecule has 1 aromatic rings. The van der Waals surface area contributed by atoms with Gasteiger partial charge in [0.15, 0.2) is 11.5 Å². The van der Waals surface area contributed by atoms with Crippen molar-refractivity contribution in [2.45, 2.75) is 44.9 Å². The van der Waals surface area contributed by atoms with E-state index in [4.69, 9.17) is 9.47 Å². The molecule has 126 valence electrons. The second kappa shape index (κ2) is 7.47. The van der Waals surface area contributed by atoms with Crippen molar-refractivity contribution in [2.75, 3.05) is 12.5 Å². The number of fused-ring (bicyclic) bond motifs is 1. The van der Waals surface area contributed by atoms with Gasteiger partial charge >= 0.3 is 0 Å². The fraction of sp³-hybridized carbons (Fsp3) is 0.611. The van der Waals surface area contributed by atoms with Crippen molar-refractivity contribution in [1.29, 1.82) is 0 Å². The first-order chi connectivity index (χ1) is 11.1. The van der Waals surface area contributed by atoms with Crippen LogP contribution in [0.3, 0.4) is 0 Å². The lowest BCUT2D eigenvalue weighted by Gasteiger charge is -2.34. The lowest BCUT2D eigenvalue weighted by molar-refractivity contribution is -0.119. The molecule has 1 saturated carbocycles. The van der Waals surface area contributed by atoms with Crippen molar-refractivity contribution >= 4 is 17.7 Å². The number of hydrogen-bond donors (Lipinski definition) is 1. The van der Waals surface area contributed by atoms with Crippen LogP contribution in [0.1, 0.15) is 38.7 Å². The summed E-state index contributed by atoms with van der Waals surface area (Å²) in [6.45, 7) is 4.85. The highest BCUT2D eigenvalue weighted by atomic mass is 32.2. The summed E-state index contributed by atoms with van der Waals surface area (Å²) in [6, 6.07) is 6.31. The lowest BCUT2D eigenvalue weighted by atomic mass is 9.78. The molecule has 1 aliphatic heterocycles. The second-order valence-electron chi connectivity index (χ2n) is 6.62. The van der Waals surface area contributed by atoms with Crippen LogP contribution in [0.25, 0.3) is 0 Å². The van der Waals surface area contributed by atoms with Gasteiger partial charge in [-0.25, -0.2) is 0 Å². The van der Waals surface area contributed by atoms with E-state index < -0.39 is 0 Å². The van der Waals surface area contributed by atoms with E-state index in [-0.39, 0.29) is 5.91 Å². The van der Waals surface area contributed by atoms with Crippen LogP contribution < -0.4 is 14.8 Å². The zero-order chi connectivity index (χ0) is 16.2. The fourth-order valence-corrected chi connectivity index (χ4v) is 4.11. The van der Waals surface area contributed by atoms with Crippen LogP contribution in [-0.2, 0) is 10.5 Å². The number of thioether (sulfide) groups is 1. The number of carbonyl (C=O) groups excluding carboxylic acids is 1. The van der Waals surface area contributed by atoms with Crippen LogP contribution in [0, 0.1) is 11.8 Å². The van der Waals surface area contributed by atoms with Crippen LogP contribution in [0.5, 0.6) is 11.5 Å². The van der Waals surface area contributed by atoms with E-state index >= 15 is 0 Å². The predicted octanol–water partition coefficient (Wildman–Crippen LogP) is 3.59. The molecule has 1 N–H and O–H groups in total. The third-order valence-corrected chi connectivity index (χ3v) is 6.00. The number of hydrogen-bond acceptors (Lipinski definition) is 4. The summed E-state index contributed by atoms with van der Waals surface area (Å²) < 4.78 is 10.7. The predicted molar refractivity (Wildman–Crippen MR) is 92.8 cm³/mol. The molecule has 3 rings (SSSR count). The molecule has 0 spiro atoms. The highest BCUT2D eigenvalue weighted by Gasteiger charge is 2.27. The normalized spacial score (nSPS) is 26.1. The van der Waals surface area contributed by atoms with Gasteiger partial charge in [0.1, 0.15) is 0 Å². The molecule has 1 aliphatic carbocycles. The first kappa shape index (κ1) is 16.5. The molecule has 2 aliphatic rings. The molecular weight excluding hydrogens is 310 g/mol. The topological polar surface area (TPSA) is 47.6 Å². The first-order valence-corrected chi connectivity index (χ1v) is 9.54. The Balaban J connectivity index is 1.42. The largest absolute Gasteiger partial charge is 0.454 e. The Kier molecular flexibility index (Phi) is 5.36. The Morgan fingerprint density at radius 1 is 1.26 bits per heavy atom. The third kappa shape index (κ3) is 4.14. The molecule has 0 radical (unpaired) electrons. The molecule has 3 atom stereocenters. The van der Waals surface area contributed by atoms with E-state index in [1.807, 2.05) is 18.2 Å². The standard InChI is InChI=1S/C18H25NO3S/c1-12-4-3-5-15(13(12)2)19-18(20)10-23-9-14-6-7-16-17(8-14)22-11-21-16/h6-8,12-13,15H,3-5,9-11H2,1-2H3,(H,19,20)/t12-,13-,15-/m1/s1. The summed E-state index contributed by atoms with van der Waals surface area (Å²) in [6.07, 6.45) is 3.62. The van der Waals surface area contributed by atoms with Gasteiger partial charge in [-0.3, -0.25) is 4.79 Å². The van der Waals surface area contributed by atoms with Gasteiger partial charge in [0.2, 0.25) is 12.7 Å². The average Bonchev–Trinajstić information content (AvgIpc) is 2.99. The molecular formula is C18H25NO3S. The van der Waals surface area contributed by atoms with Crippen LogP contribution in [0.2, 0.25) is 0 Å². The molecule has 1 heterocycles. The number of ether oxygens (including phenoxy) is 2. The van der Waals surface area contributed by atoms with Gasteiger partial charge < -0.3 is 14.8 Å². The maximum absolute atomic E-state index is 12.2. The molecule has 23 heavy (non-hydrogen) atoms. The lowest BCUT2D eigenvalue weighted by Crippen LogP contribution is -2.44. The maximum atomic E-state index is 12.2. The van der Waals surface area contributed by atoms with Crippen LogP contribution in [0.15, 0.2) is 18.2 Å². The molecule has 5 heteroatoms. The fourth-order valence-electron chi connectivity index (χ4n) is 3.33. The Labute approximate surface area is 142 Å². The smallest absolute Gasteiger partial charge is 0.231 e. The number of benzene rings is 1. The van der Waals surface area contributed by atoms with Crippen molar-refractivity contribution in [1.82, 2.24) is 5.32 Å². The summed E-state index contributed by atoms with van der Waals surface area (Å²) >= 11 is 1.64. The summed E-state index contributed by atoms with van der Waals surface area (Å²) in [5.41, 5.74) is 1.16. The van der Waals surface area contributed by atoms with Crippen molar-refractivity contribution < 1.29 is 14.3 Å². The van der Waals surface area contributed by atoms with Gasteiger partial charge in [0.05, 0.1) is 5.75 Å². The van der Waals surface area contributed by atoms with Crippen molar-refractivity contribution in [3.8, 4) is 11.5 Å². The quantitative estimate of drug-likeness (QED) is 0.893. The van der Waals surface area contributed by atoms with Gasteiger partial charge in [-0.1, -0.05) is 32.8 Å². The third-order valence-electron chi connectivity index (χ3n) is 4.99. The van der Waals surface area contributed by atoms with Crippen molar-refractivity contribution in [3.05, 3.63) is 23.8 Å². The summed E-state index contributed by atoms with van der Waals surface area (Å²) in [4.78, 5) is 12.2. The van der Waals surface area contributed by atoms with Gasteiger partial charge in [-0.05, 0) is 36.0 Å². The highest BCUT2D eigenvalue weighted by molar-refractivity contribution is 7.99. The van der Waals surface area contributed by atoms with E-state index in [1.54, 1.807) is 11.8 Å². The summed E-state index contributed by atoms with van der Waals surface area (Å²) in [5.74, 6) is 4.35. The van der Waals surface area contributed by atoms with E-state index in [9.17, 15) is 4.79 Å². The van der Waals surface area contributed by atoms with Crippen LogP contribution in [-0.4, -0.2) is 24.5 Å². The van der Waals surface area contributed by atoms with Crippen molar-refractivity contribution in [2.24, 2.45) is 11.8 Å². The van der Waals surface area contributed by atoms with Gasteiger partial charge in [0, 0.05) is 11.8 Å². The molecule has 1 amide bonds. The zero-order valence-electron chi connectivity index (χ0n) is 13.8. The van der Waals surface area contributed by atoms with E-state index in [0.29, 0.717) is 30.4 Å². The van der Waals surface area contributed by atoms with Gasteiger partial charge in [-0.15, -0.1) is 11.8 Å². The monoisotopic (exact) mass is 335 g/mol. The summed E-state index contributed by atoms with van der Waals surface area (Å²) in [7, 11) is 0. The number of nitrogens with one attached hydrogen (secondary N) is 1. The minimum atomic E-state index is 0.154. The minimum absolute atomic E-state index is 0.154. The number of carbonyl (C=O) groups is 1. The van der Waals surface area contributed by atoms with Crippen molar-refractivity contribution in [3.63, 3.8) is 0 Å². The minimum Gasteiger partial charge on any atom is -0.454 e. The summed E-state index contributed by atoms with van der Waals surface area (Å²) in [5, 5.41) is 3.22. The second-order valence-corrected chi connectivity index (χ2v) is 7.61. The average molecular weight is 335 g/mol. The molecule has 1 fully saturated rings. The molecule has 0 bridgehead atoms. The highest BCUT2D eigenvalue weighted by Crippen LogP contribution is 2.33. The molecule has 0 aromatic heterocycles. The molecule has 0 unspecified atom stereocenters. The Morgan fingerprint density at radius 3 is 2.96 bits per heavy atom.